The minimum atomic E-state index is -0.531. The zero-order valence-corrected chi connectivity index (χ0v) is 27.9. The number of nitrogens with one attached hydrogen (secondary N) is 3. The smallest absolute Gasteiger partial charge is 0.272 e. The SMILES string of the molecule is CCOc1ccc(NC(=O)C(Sc2ccc(NC(=O)/C(=C/c3ccc(Br)cc3)NC(=O)c3ccccc3)cc2)c2ccccc2)cc1. The van der Waals surface area contributed by atoms with Crippen molar-refractivity contribution in [2.45, 2.75) is 17.1 Å². The summed E-state index contributed by atoms with van der Waals surface area (Å²) in [6.45, 7) is 2.49. The van der Waals surface area contributed by atoms with Crippen LogP contribution in [0.3, 0.4) is 0 Å². The first-order valence-electron chi connectivity index (χ1n) is 14.9. The van der Waals surface area contributed by atoms with E-state index in [0.717, 1.165) is 26.2 Å². The number of thioether (sulfide) groups is 1. The molecule has 0 saturated heterocycles. The summed E-state index contributed by atoms with van der Waals surface area (Å²) in [5.74, 6) is -0.304. The lowest BCUT2D eigenvalue weighted by atomic mass is 10.1. The zero-order chi connectivity index (χ0) is 33.0. The Labute approximate surface area is 286 Å². The van der Waals surface area contributed by atoms with Crippen LogP contribution >= 0.6 is 27.7 Å². The summed E-state index contributed by atoms with van der Waals surface area (Å²) in [4.78, 5) is 40.7. The van der Waals surface area contributed by atoms with Crippen molar-refractivity contribution in [1.29, 1.82) is 0 Å². The molecule has 0 aliphatic rings. The Kier molecular flexibility index (Phi) is 11.6. The van der Waals surface area contributed by atoms with E-state index >= 15 is 0 Å². The third-order valence-corrected chi connectivity index (χ3v) is 8.64. The average Bonchev–Trinajstić information content (AvgIpc) is 3.10. The molecule has 0 spiro atoms. The minimum absolute atomic E-state index is 0.0923. The molecule has 236 valence electrons. The van der Waals surface area contributed by atoms with Gasteiger partial charge in [0.1, 0.15) is 16.7 Å². The van der Waals surface area contributed by atoms with Crippen LogP contribution in [0.2, 0.25) is 0 Å². The topological polar surface area (TPSA) is 96.5 Å². The first-order chi connectivity index (χ1) is 22.9. The van der Waals surface area contributed by atoms with Crippen molar-refractivity contribution in [3.8, 4) is 5.75 Å². The third kappa shape index (κ3) is 9.68. The fourth-order valence-corrected chi connectivity index (χ4v) is 5.82. The number of benzene rings is 5. The van der Waals surface area contributed by atoms with Crippen molar-refractivity contribution in [2.24, 2.45) is 0 Å². The van der Waals surface area contributed by atoms with E-state index in [9.17, 15) is 14.4 Å². The van der Waals surface area contributed by atoms with Gasteiger partial charge in [-0.05, 0) is 96.9 Å². The van der Waals surface area contributed by atoms with Gasteiger partial charge in [-0.3, -0.25) is 14.4 Å². The molecule has 5 aromatic carbocycles. The molecule has 0 fully saturated rings. The van der Waals surface area contributed by atoms with Crippen molar-refractivity contribution in [2.75, 3.05) is 17.2 Å². The summed E-state index contributed by atoms with van der Waals surface area (Å²) in [7, 11) is 0. The van der Waals surface area contributed by atoms with Crippen LogP contribution in [0, 0.1) is 0 Å². The number of halogens is 1. The molecule has 0 saturated carbocycles. The van der Waals surface area contributed by atoms with Gasteiger partial charge in [0.2, 0.25) is 5.91 Å². The van der Waals surface area contributed by atoms with Gasteiger partial charge in [-0.25, -0.2) is 0 Å². The van der Waals surface area contributed by atoms with Crippen molar-refractivity contribution in [1.82, 2.24) is 5.32 Å². The Morgan fingerprint density at radius 3 is 1.98 bits per heavy atom. The van der Waals surface area contributed by atoms with E-state index < -0.39 is 17.1 Å². The highest BCUT2D eigenvalue weighted by molar-refractivity contribution is 9.10. The summed E-state index contributed by atoms with van der Waals surface area (Å²) < 4.78 is 6.41. The Hall–Kier alpha value is -5.12. The molecule has 1 atom stereocenters. The van der Waals surface area contributed by atoms with E-state index in [1.807, 2.05) is 104 Å². The molecule has 0 aromatic heterocycles. The fraction of sp³-hybridized carbons (Fsp3) is 0.0789. The molecule has 0 aliphatic heterocycles. The van der Waals surface area contributed by atoms with Crippen LogP contribution in [0.15, 0.2) is 149 Å². The molecular formula is C38H32BrN3O4S. The second-order valence-electron chi connectivity index (χ2n) is 10.3. The van der Waals surface area contributed by atoms with Crippen LogP contribution in [0.25, 0.3) is 6.08 Å². The monoisotopic (exact) mass is 705 g/mol. The lowest BCUT2D eigenvalue weighted by Gasteiger charge is -2.18. The number of hydrogen-bond donors (Lipinski definition) is 3. The molecule has 0 aliphatic carbocycles. The first-order valence-corrected chi connectivity index (χ1v) is 16.6. The van der Waals surface area contributed by atoms with Gasteiger partial charge in [-0.1, -0.05) is 76.6 Å². The van der Waals surface area contributed by atoms with E-state index in [0.29, 0.717) is 23.5 Å². The molecule has 7 nitrogen and oxygen atoms in total. The maximum Gasteiger partial charge on any atom is 0.272 e. The molecule has 0 heterocycles. The molecule has 3 N–H and O–H groups in total. The lowest BCUT2D eigenvalue weighted by Crippen LogP contribution is -2.30. The predicted molar refractivity (Wildman–Crippen MR) is 192 cm³/mol. The highest BCUT2D eigenvalue weighted by Crippen LogP contribution is 2.37. The van der Waals surface area contributed by atoms with Crippen LogP contribution in [0.4, 0.5) is 11.4 Å². The van der Waals surface area contributed by atoms with Crippen molar-refractivity contribution in [3.63, 3.8) is 0 Å². The molecule has 0 bridgehead atoms. The molecule has 47 heavy (non-hydrogen) atoms. The van der Waals surface area contributed by atoms with Gasteiger partial charge in [0.15, 0.2) is 0 Å². The highest BCUT2D eigenvalue weighted by atomic mass is 79.9. The molecule has 5 aromatic rings. The summed E-state index contributed by atoms with van der Waals surface area (Å²) >= 11 is 4.82. The Bertz CT molecular complexity index is 1830. The van der Waals surface area contributed by atoms with Crippen LogP contribution < -0.4 is 20.7 Å². The summed E-state index contributed by atoms with van der Waals surface area (Å²) in [6, 6.07) is 40.2. The minimum Gasteiger partial charge on any atom is -0.494 e. The Morgan fingerprint density at radius 2 is 1.34 bits per heavy atom. The second kappa shape index (κ2) is 16.4. The summed E-state index contributed by atoms with van der Waals surface area (Å²) in [5, 5.41) is 8.12. The van der Waals surface area contributed by atoms with E-state index in [1.54, 1.807) is 42.5 Å². The number of carbonyl (C=O) groups excluding carboxylic acids is 3. The largest absolute Gasteiger partial charge is 0.494 e. The van der Waals surface area contributed by atoms with Gasteiger partial charge in [0, 0.05) is 26.3 Å². The van der Waals surface area contributed by atoms with Crippen LogP contribution in [-0.4, -0.2) is 24.3 Å². The summed E-state index contributed by atoms with van der Waals surface area (Å²) in [6.07, 6.45) is 1.63. The van der Waals surface area contributed by atoms with E-state index in [2.05, 4.69) is 31.9 Å². The van der Waals surface area contributed by atoms with E-state index in [4.69, 9.17) is 4.74 Å². The van der Waals surface area contributed by atoms with E-state index in [1.165, 1.54) is 11.8 Å². The van der Waals surface area contributed by atoms with Crippen molar-refractivity contribution in [3.05, 3.63) is 160 Å². The van der Waals surface area contributed by atoms with Gasteiger partial charge in [-0.15, -0.1) is 11.8 Å². The van der Waals surface area contributed by atoms with Crippen molar-refractivity contribution >= 4 is 62.9 Å². The van der Waals surface area contributed by atoms with Crippen LogP contribution in [-0.2, 0) is 9.59 Å². The first kappa shape index (κ1) is 33.2. The van der Waals surface area contributed by atoms with Crippen molar-refractivity contribution < 1.29 is 19.1 Å². The lowest BCUT2D eigenvalue weighted by molar-refractivity contribution is -0.116. The van der Waals surface area contributed by atoms with Gasteiger partial charge in [0.05, 0.1) is 6.61 Å². The second-order valence-corrected chi connectivity index (χ2v) is 12.4. The molecule has 3 amide bonds. The number of hydrogen-bond acceptors (Lipinski definition) is 5. The maximum atomic E-state index is 13.5. The summed E-state index contributed by atoms with van der Waals surface area (Å²) in [5.41, 5.74) is 3.33. The quantitative estimate of drug-likeness (QED) is 0.0891. The molecule has 9 heteroatoms. The molecular weight excluding hydrogens is 674 g/mol. The van der Waals surface area contributed by atoms with Gasteiger partial charge < -0.3 is 20.7 Å². The number of carbonyl (C=O) groups is 3. The molecule has 1 unspecified atom stereocenters. The number of rotatable bonds is 12. The Morgan fingerprint density at radius 1 is 0.745 bits per heavy atom. The van der Waals surface area contributed by atoms with Gasteiger partial charge in [0.25, 0.3) is 11.8 Å². The molecule has 5 rings (SSSR count). The van der Waals surface area contributed by atoms with Crippen LogP contribution in [0.1, 0.15) is 33.7 Å². The standard InChI is InChI=1S/C38H32BrN3O4S/c1-2-46-32-21-17-30(18-22-32)41-38(45)35(27-9-5-3-6-10-27)47-33-23-19-31(20-24-33)40-37(44)34(25-26-13-15-29(39)16-14-26)42-36(43)28-11-7-4-8-12-28/h3-25,35H,2H2,1H3,(H,40,44)(H,41,45)(H,42,43)/b34-25-. The third-order valence-electron chi connectivity index (χ3n) is 6.85. The zero-order valence-electron chi connectivity index (χ0n) is 25.5. The van der Waals surface area contributed by atoms with Crippen LogP contribution in [0.5, 0.6) is 5.75 Å². The predicted octanol–water partition coefficient (Wildman–Crippen LogP) is 8.73. The van der Waals surface area contributed by atoms with Gasteiger partial charge >= 0.3 is 0 Å². The average molecular weight is 707 g/mol. The Balaban J connectivity index is 1.30. The maximum absolute atomic E-state index is 13.5. The highest BCUT2D eigenvalue weighted by Gasteiger charge is 2.23. The van der Waals surface area contributed by atoms with E-state index in [-0.39, 0.29) is 11.6 Å². The number of ether oxygens (including phenoxy) is 1. The molecule has 0 radical (unpaired) electrons. The fourth-order valence-electron chi connectivity index (χ4n) is 4.53. The number of amides is 3. The van der Waals surface area contributed by atoms with Gasteiger partial charge in [-0.2, -0.15) is 0 Å². The number of anilines is 2. The normalized spacial score (nSPS) is 11.7.